The van der Waals surface area contributed by atoms with E-state index in [2.05, 4.69) is 5.43 Å². The summed E-state index contributed by atoms with van der Waals surface area (Å²) in [5, 5.41) is 1.12. The molecule has 0 saturated heterocycles. The largest absolute Gasteiger partial charge is 0.466 e. The van der Waals surface area contributed by atoms with Crippen LogP contribution < -0.4 is 11.3 Å². The van der Waals surface area contributed by atoms with Crippen LogP contribution in [0.4, 0.5) is 5.69 Å². The van der Waals surface area contributed by atoms with Crippen molar-refractivity contribution in [3.05, 3.63) is 28.2 Å². The van der Waals surface area contributed by atoms with Gasteiger partial charge in [0.25, 0.3) is 0 Å². The Morgan fingerprint density at radius 1 is 1.27 bits per heavy atom. The molecule has 0 saturated carbocycles. The van der Waals surface area contributed by atoms with Gasteiger partial charge in [0, 0.05) is 5.02 Å². The molecule has 0 atom stereocenters. The van der Waals surface area contributed by atoms with Gasteiger partial charge in [0.05, 0.1) is 10.7 Å². The fourth-order valence-corrected chi connectivity index (χ4v) is 1.07. The molecule has 6 N–H and O–H groups in total. The summed E-state index contributed by atoms with van der Waals surface area (Å²) in [5.41, 5.74) is 3.10. The second-order valence-corrected chi connectivity index (χ2v) is 4.15. The van der Waals surface area contributed by atoms with Gasteiger partial charge in [-0.05, 0) is 18.2 Å². The molecule has 0 bridgehead atoms. The van der Waals surface area contributed by atoms with Crippen LogP contribution in [0.3, 0.4) is 0 Å². The van der Waals surface area contributed by atoms with E-state index in [9.17, 15) is 0 Å². The van der Waals surface area contributed by atoms with Crippen LogP contribution in [0.2, 0.25) is 10.0 Å². The first kappa shape index (κ1) is 14.7. The average Bonchev–Trinajstić information content (AvgIpc) is 2.01. The van der Waals surface area contributed by atoms with E-state index < -0.39 is 7.82 Å². The summed E-state index contributed by atoms with van der Waals surface area (Å²) in [6, 6.07) is 5.05. The predicted molar refractivity (Wildman–Crippen MR) is 58.5 cm³/mol. The third-order valence-electron chi connectivity index (χ3n) is 1.09. The number of benzene rings is 1. The molecule has 15 heavy (non-hydrogen) atoms. The van der Waals surface area contributed by atoms with E-state index in [1.54, 1.807) is 18.2 Å². The Morgan fingerprint density at radius 3 is 2.07 bits per heavy atom. The first-order valence-corrected chi connectivity index (χ1v) is 5.76. The number of hydrogen-bond acceptors (Lipinski definition) is 3. The molecule has 1 aromatic carbocycles. The number of halogens is 2. The molecular formula is C6H9Cl2N2O4P. The molecular weight excluding hydrogens is 266 g/mol. The number of rotatable bonds is 1. The van der Waals surface area contributed by atoms with Crippen molar-refractivity contribution in [3.63, 3.8) is 0 Å². The van der Waals surface area contributed by atoms with Gasteiger partial charge in [-0.15, -0.1) is 0 Å². The minimum Gasteiger partial charge on any atom is -0.323 e. The van der Waals surface area contributed by atoms with Crippen LogP contribution in [-0.2, 0) is 4.57 Å². The number of nitrogens with one attached hydrogen (secondary N) is 1. The van der Waals surface area contributed by atoms with Crippen molar-refractivity contribution in [2.75, 3.05) is 5.43 Å². The minimum absolute atomic E-state index is 0.523. The first-order valence-electron chi connectivity index (χ1n) is 3.44. The quantitative estimate of drug-likeness (QED) is 0.300. The second-order valence-electron chi connectivity index (χ2n) is 2.28. The standard InChI is InChI=1S/C6H6Cl2N2.H3O4P/c7-4-1-2-6(10-9)5(8)3-4;1-5(2,3)4/h1-3,10H,9H2;(H3,1,2,3,4). The summed E-state index contributed by atoms with van der Waals surface area (Å²) in [6.07, 6.45) is 0. The molecule has 0 aliphatic heterocycles. The lowest BCUT2D eigenvalue weighted by atomic mass is 10.3. The van der Waals surface area contributed by atoms with Crippen LogP contribution in [0.25, 0.3) is 0 Å². The van der Waals surface area contributed by atoms with Crippen molar-refractivity contribution in [1.82, 2.24) is 0 Å². The summed E-state index contributed by atoms with van der Waals surface area (Å²) in [5.74, 6) is 5.12. The predicted octanol–water partition coefficient (Wildman–Crippen LogP) is 1.35. The lowest BCUT2D eigenvalue weighted by Crippen LogP contribution is -2.06. The van der Waals surface area contributed by atoms with Gasteiger partial charge in [-0.3, -0.25) is 5.84 Å². The van der Waals surface area contributed by atoms with Crippen LogP contribution in [-0.4, -0.2) is 14.7 Å². The third-order valence-corrected chi connectivity index (χ3v) is 1.63. The molecule has 1 aromatic rings. The number of nitrogen functional groups attached to an aromatic ring is 1. The molecule has 0 radical (unpaired) electrons. The van der Waals surface area contributed by atoms with Gasteiger partial charge in [-0.25, -0.2) is 4.57 Å². The van der Waals surface area contributed by atoms with E-state index in [1.165, 1.54) is 0 Å². The van der Waals surface area contributed by atoms with Gasteiger partial charge in [0.2, 0.25) is 0 Å². The normalized spacial score (nSPS) is 10.3. The van der Waals surface area contributed by atoms with E-state index in [1.807, 2.05) is 0 Å². The number of hydrogen-bond donors (Lipinski definition) is 5. The van der Waals surface area contributed by atoms with Crippen LogP contribution in [0.15, 0.2) is 18.2 Å². The van der Waals surface area contributed by atoms with Crippen LogP contribution in [0, 0.1) is 0 Å². The molecule has 0 spiro atoms. The molecule has 1 rings (SSSR count). The molecule has 0 aliphatic carbocycles. The Morgan fingerprint density at radius 2 is 1.73 bits per heavy atom. The maximum Gasteiger partial charge on any atom is 0.466 e. The van der Waals surface area contributed by atoms with Gasteiger partial charge >= 0.3 is 7.82 Å². The molecule has 0 fully saturated rings. The second kappa shape index (κ2) is 6.30. The van der Waals surface area contributed by atoms with E-state index in [-0.39, 0.29) is 0 Å². The number of hydrazine groups is 1. The van der Waals surface area contributed by atoms with Gasteiger partial charge in [0.1, 0.15) is 0 Å². The summed E-state index contributed by atoms with van der Waals surface area (Å²) in [4.78, 5) is 21.6. The number of nitrogens with two attached hydrogens (primary N) is 1. The fraction of sp³-hybridized carbons (Fsp3) is 0. The minimum atomic E-state index is -4.64. The van der Waals surface area contributed by atoms with Gasteiger partial charge in [0.15, 0.2) is 0 Å². The van der Waals surface area contributed by atoms with E-state index in [0.29, 0.717) is 15.7 Å². The van der Waals surface area contributed by atoms with Gasteiger partial charge < -0.3 is 20.1 Å². The molecule has 0 aliphatic rings. The Bertz CT molecular complexity index is 362. The smallest absolute Gasteiger partial charge is 0.323 e. The van der Waals surface area contributed by atoms with Crippen molar-refractivity contribution in [3.8, 4) is 0 Å². The summed E-state index contributed by atoms with van der Waals surface area (Å²) in [7, 11) is -4.64. The van der Waals surface area contributed by atoms with Crippen molar-refractivity contribution >= 4 is 36.7 Å². The zero-order valence-corrected chi connectivity index (χ0v) is 9.67. The highest BCUT2D eigenvalue weighted by Crippen LogP contribution is 2.26. The van der Waals surface area contributed by atoms with Crippen molar-refractivity contribution in [1.29, 1.82) is 0 Å². The SMILES string of the molecule is NNc1ccc(Cl)cc1Cl.O=P(O)(O)O. The van der Waals surface area contributed by atoms with Crippen molar-refractivity contribution in [2.24, 2.45) is 5.84 Å². The van der Waals surface area contributed by atoms with Gasteiger partial charge in [-0.2, -0.15) is 0 Å². The van der Waals surface area contributed by atoms with Crippen LogP contribution >= 0.6 is 31.0 Å². The molecule has 0 unspecified atom stereocenters. The first-order chi connectivity index (χ1) is 6.74. The lowest BCUT2D eigenvalue weighted by Gasteiger charge is -2.01. The average molecular weight is 275 g/mol. The maximum absolute atomic E-state index is 8.88. The maximum atomic E-state index is 8.88. The van der Waals surface area contributed by atoms with Crippen LogP contribution in [0.1, 0.15) is 0 Å². The third kappa shape index (κ3) is 8.65. The Balaban J connectivity index is 0.000000336. The topological polar surface area (TPSA) is 116 Å². The molecule has 0 amide bonds. The highest BCUT2D eigenvalue weighted by Gasteiger charge is 2.00. The van der Waals surface area contributed by atoms with Crippen molar-refractivity contribution in [2.45, 2.75) is 0 Å². The van der Waals surface area contributed by atoms with E-state index in [0.717, 1.165) is 0 Å². The number of phosphoric acid groups is 1. The lowest BCUT2D eigenvalue weighted by molar-refractivity contribution is 0.275. The monoisotopic (exact) mass is 274 g/mol. The zero-order valence-electron chi connectivity index (χ0n) is 7.26. The molecule has 86 valence electrons. The number of anilines is 1. The Kier molecular flexibility index (Phi) is 6.16. The van der Waals surface area contributed by atoms with E-state index in [4.69, 9.17) is 48.3 Å². The Labute approximate surface area is 95.8 Å². The molecule has 6 nitrogen and oxygen atoms in total. The highest BCUT2D eigenvalue weighted by atomic mass is 35.5. The van der Waals surface area contributed by atoms with Crippen molar-refractivity contribution < 1.29 is 19.2 Å². The van der Waals surface area contributed by atoms with E-state index >= 15 is 0 Å². The van der Waals surface area contributed by atoms with Crippen LogP contribution in [0.5, 0.6) is 0 Å². The summed E-state index contributed by atoms with van der Waals surface area (Å²) in [6.45, 7) is 0. The molecule has 0 heterocycles. The summed E-state index contributed by atoms with van der Waals surface area (Å²) < 4.78 is 8.88. The summed E-state index contributed by atoms with van der Waals surface area (Å²) >= 11 is 11.3. The molecule has 9 heteroatoms. The Hall–Kier alpha value is -0.330. The molecule has 0 aromatic heterocycles. The zero-order chi connectivity index (χ0) is 12.1. The van der Waals surface area contributed by atoms with Gasteiger partial charge in [-0.1, -0.05) is 23.2 Å². The fourth-order valence-electron chi connectivity index (χ4n) is 0.607. The highest BCUT2D eigenvalue weighted by molar-refractivity contribution is 7.45.